The van der Waals surface area contributed by atoms with Gasteiger partial charge in [0.05, 0.1) is 0 Å². The number of aliphatic hydroxyl groups excluding tert-OH is 1. The highest BCUT2D eigenvalue weighted by Crippen LogP contribution is 2.19. The van der Waals surface area contributed by atoms with E-state index in [1.54, 1.807) is 24.3 Å². The van der Waals surface area contributed by atoms with Crippen molar-refractivity contribution in [2.24, 2.45) is 0 Å². The Labute approximate surface area is 160 Å². The van der Waals surface area contributed by atoms with Crippen molar-refractivity contribution < 1.29 is 14.6 Å². The van der Waals surface area contributed by atoms with E-state index in [1.165, 1.54) is 18.1 Å². The Bertz CT molecular complexity index is 721. The molecule has 2 aromatic rings. The highest BCUT2D eigenvalue weighted by Gasteiger charge is 2.18. The summed E-state index contributed by atoms with van der Waals surface area (Å²) in [5.74, 6) is 0.573. The van der Waals surface area contributed by atoms with Crippen molar-refractivity contribution >= 4 is 24.0 Å². The number of amides is 1. The molecule has 0 spiro atoms. The lowest BCUT2D eigenvalue weighted by atomic mass is 10.00. The molecule has 0 saturated carbocycles. The SMILES string of the molecule is CC(=O)Nc1ccc(OCC(O)CN2CCc3ccccc3C2)cc1.Cl. The van der Waals surface area contributed by atoms with Crippen LogP contribution in [0.3, 0.4) is 0 Å². The topological polar surface area (TPSA) is 61.8 Å². The third-order valence-electron chi connectivity index (χ3n) is 4.30. The largest absolute Gasteiger partial charge is 0.491 e. The number of hydrogen-bond donors (Lipinski definition) is 2. The summed E-state index contributed by atoms with van der Waals surface area (Å²) in [4.78, 5) is 13.3. The molecule has 1 heterocycles. The van der Waals surface area contributed by atoms with Crippen LogP contribution in [-0.4, -0.2) is 41.7 Å². The molecule has 1 aliphatic rings. The lowest BCUT2D eigenvalue weighted by Crippen LogP contribution is -2.38. The molecule has 5 nitrogen and oxygen atoms in total. The fourth-order valence-electron chi connectivity index (χ4n) is 3.09. The van der Waals surface area contributed by atoms with Crippen molar-refractivity contribution in [1.29, 1.82) is 0 Å². The van der Waals surface area contributed by atoms with E-state index in [1.807, 2.05) is 0 Å². The van der Waals surface area contributed by atoms with Crippen molar-refractivity contribution in [2.75, 3.05) is 25.0 Å². The fraction of sp³-hybridized carbons (Fsp3) is 0.350. The maximum atomic E-state index is 11.0. The first-order chi connectivity index (χ1) is 12.1. The molecule has 1 unspecified atom stereocenters. The Balaban J connectivity index is 0.00000243. The monoisotopic (exact) mass is 376 g/mol. The van der Waals surface area contributed by atoms with Crippen molar-refractivity contribution in [3.8, 4) is 5.75 Å². The first-order valence-electron chi connectivity index (χ1n) is 8.58. The number of hydrogen-bond acceptors (Lipinski definition) is 4. The number of halogens is 1. The molecular formula is C20H25ClN2O3. The number of β-amino-alcohol motifs (C(OH)–C–C–N with tert-alkyl or cyclic N) is 1. The summed E-state index contributed by atoms with van der Waals surface area (Å²) < 4.78 is 5.65. The van der Waals surface area contributed by atoms with E-state index in [-0.39, 0.29) is 24.9 Å². The van der Waals surface area contributed by atoms with Gasteiger partial charge in [-0.2, -0.15) is 0 Å². The number of aliphatic hydroxyl groups is 1. The molecule has 1 aliphatic heterocycles. The lowest BCUT2D eigenvalue weighted by Gasteiger charge is -2.30. The quantitative estimate of drug-likeness (QED) is 0.813. The number of benzene rings is 2. The van der Waals surface area contributed by atoms with Gasteiger partial charge in [-0.3, -0.25) is 9.69 Å². The summed E-state index contributed by atoms with van der Waals surface area (Å²) in [5.41, 5.74) is 3.48. The third-order valence-corrected chi connectivity index (χ3v) is 4.30. The van der Waals surface area contributed by atoms with Crippen LogP contribution in [0.1, 0.15) is 18.1 Å². The average molecular weight is 377 g/mol. The van der Waals surface area contributed by atoms with E-state index in [0.717, 1.165) is 25.2 Å². The molecule has 0 aromatic heterocycles. The number of nitrogens with one attached hydrogen (secondary N) is 1. The molecule has 140 valence electrons. The van der Waals surface area contributed by atoms with E-state index in [9.17, 15) is 9.90 Å². The van der Waals surface area contributed by atoms with Crippen LogP contribution < -0.4 is 10.1 Å². The Morgan fingerprint density at radius 3 is 2.58 bits per heavy atom. The van der Waals surface area contributed by atoms with E-state index in [4.69, 9.17) is 4.74 Å². The Morgan fingerprint density at radius 2 is 1.88 bits per heavy atom. The molecule has 3 rings (SSSR count). The van der Waals surface area contributed by atoms with E-state index in [0.29, 0.717) is 12.3 Å². The molecule has 0 fully saturated rings. The van der Waals surface area contributed by atoms with Gasteiger partial charge in [-0.1, -0.05) is 24.3 Å². The normalized spacial score (nSPS) is 14.7. The van der Waals surface area contributed by atoms with E-state index >= 15 is 0 Å². The Hall–Kier alpha value is -2.08. The minimum absolute atomic E-state index is 0. The van der Waals surface area contributed by atoms with Crippen LogP contribution in [-0.2, 0) is 17.8 Å². The third kappa shape index (κ3) is 5.73. The van der Waals surface area contributed by atoms with Gasteiger partial charge < -0.3 is 15.2 Å². The molecule has 0 bridgehead atoms. The van der Waals surface area contributed by atoms with Crippen molar-refractivity contribution in [3.05, 3.63) is 59.7 Å². The van der Waals surface area contributed by atoms with Crippen LogP contribution in [0.5, 0.6) is 5.75 Å². The van der Waals surface area contributed by atoms with Crippen LogP contribution >= 0.6 is 12.4 Å². The molecule has 26 heavy (non-hydrogen) atoms. The molecule has 2 aromatic carbocycles. The summed E-state index contributed by atoms with van der Waals surface area (Å²) >= 11 is 0. The zero-order valence-corrected chi connectivity index (χ0v) is 15.7. The van der Waals surface area contributed by atoms with Gasteiger partial charge in [0.15, 0.2) is 0 Å². The number of carbonyl (C=O) groups is 1. The molecule has 2 N–H and O–H groups in total. The van der Waals surface area contributed by atoms with Gasteiger partial charge in [0, 0.05) is 32.2 Å². The number of anilines is 1. The summed E-state index contributed by atoms with van der Waals surface area (Å²) in [6.07, 6.45) is 0.481. The van der Waals surface area contributed by atoms with Crippen molar-refractivity contribution in [3.63, 3.8) is 0 Å². The van der Waals surface area contributed by atoms with Gasteiger partial charge in [-0.05, 0) is 41.8 Å². The van der Waals surface area contributed by atoms with Gasteiger partial charge in [0.2, 0.25) is 5.91 Å². The van der Waals surface area contributed by atoms with Crippen molar-refractivity contribution in [2.45, 2.75) is 26.0 Å². The second-order valence-electron chi connectivity index (χ2n) is 6.42. The molecular weight excluding hydrogens is 352 g/mol. The minimum Gasteiger partial charge on any atom is -0.491 e. The molecule has 1 amide bonds. The molecule has 6 heteroatoms. The number of fused-ring (bicyclic) bond motifs is 1. The zero-order chi connectivity index (χ0) is 17.6. The van der Waals surface area contributed by atoms with Crippen LogP contribution in [0.2, 0.25) is 0 Å². The smallest absolute Gasteiger partial charge is 0.221 e. The van der Waals surface area contributed by atoms with E-state index < -0.39 is 6.10 Å². The highest BCUT2D eigenvalue weighted by molar-refractivity contribution is 5.88. The second kappa shape index (κ2) is 9.57. The molecule has 0 saturated heterocycles. The predicted octanol–water partition coefficient (Wildman–Crippen LogP) is 2.86. The lowest BCUT2D eigenvalue weighted by molar-refractivity contribution is -0.114. The number of nitrogens with zero attached hydrogens (tertiary/aromatic N) is 1. The number of rotatable bonds is 6. The zero-order valence-electron chi connectivity index (χ0n) is 14.9. The Kier molecular flexibility index (Phi) is 7.45. The number of ether oxygens (including phenoxy) is 1. The van der Waals surface area contributed by atoms with Crippen LogP contribution in [0.15, 0.2) is 48.5 Å². The van der Waals surface area contributed by atoms with Crippen LogP contribution in [0.25, 0.3) is 0 Å². The molecule has 0 aliphatic carbocycles. The average Bonchev–Trinajstić information content (AvgIpc) is 2.60. The van der Waals surface area contributed by atoms with Crippen LogP contribution in [0.4, 0.5) is 5.69 Å². The van der Waals surface area contributed by atoms with Gasteiger partial charge in [-0.15, -0.1) is 12.4 Å². The van der Waals surface area contributed by atoms with Gasteiger partial charge >= 0.3 is 0 Å². The molecule has 0 radical (unpaired) electrons. The first-order valence-corrected chi connectivity index (χ1v) is 8.58. The summed E-state index contributed by atoms with van der Waals surface area (Å²) in [6.45, 7) is 4.15. The second-order valence-corrected chi connectivity index (χ2v) is 6.42. The number of carbonyl (C=O) groups excluding carboxylic acids is 1. The summed E-state index contributed by atoms with van der Waals surface area (Å²) in [5, 5.41) is 13.0. The maximum absolute atomic E-state index is 11.0. The summed E-state index contributed by atoms with van der Waals surface area (Å²) in [7, 11) is 0. The van der Waals surface area contributed by atoms with Gasteiger partial charge in [0.25, 0.3) is 0 Å². The minimum atomic E-state index is -0.541. The Morgan fingerprint density at radius 1 is 1.19 bits per heavy atom. The van der Waals surface area contributed by atoms with Crippen LogP contribution in [0, 0.1) is 0 Å². The van der Waals surface area contributed by atoms with E-state index in [2.05, 4.69) is 34.5 Å². The van der Waals surface area contributed by atoms with Crippen molar-refractivity contribution in [1.82, 2.24) is 4.90 Å². The van der Waals surface area contributed by atoms with Gasteiger partial charge in [0.1, 0.15) is 18.5 Å². The first kappa shape index (κ1) is 20.2. The fourth-order valence-corrected chi connectivity index (χ4v) is 3.09. The van der Waals surface area contributed by atoms with Gasteiger partial charge in [-0.25, -0.2) is 0 Å². The summed E-state index contributed by atoms with van der Waals surface area (Å²) in [6, 6.07) is 15.6. The highest BCUT2D eigenvalue weighted by atomic mass is 35.5. The standard InChI is InChI=1S/C20H24N2O3.ClH/c1-15(23)21-18-6-8-20(9-7-18)25-14-19(24)13-22-11-10-16-4-2-3-5-17(16)12-22;/h2-9,19,24H,10-14H2,1H3,(H,21,23);1H. The predicted molar refractivity (Wildman–Crippen MR) is 105 cm³/mol. The molecule has 1 atom stereocenters. The maximum Gasteiger partial charge on any atom is 0.221 e.